The SMILES string of the molecule is CC(=O)O[C@@H]1[C@H](OC(C)=O)[C@H](C)O[C@H](O)[C@H]1OC(C)=O. The summed E-state index contributed by atoms with van der Waals surface area (Å²) in [6, 6.07) is 0. The van der Waals surface area contributed by atoms with Crippen LogP contribution in [0.1, 0.15) is 27.7 Å². The fourth-order valence-corrected chi connectivity index (χ4v) is 1.99. The number of aliphatic hydroxyl groups is 1. The van der Waals surface area contributed by atoms with Crippen LogP contribution in [0.3, 0.4) is 0 Å². The Morgan fingerprint density at radius 2 is 1.25 bits per heavy atom. The summed E-state index contributed by atoms with van der Waals surface area (Å²) in [6.45, 7) is 5.01. The summed E-state index contributed by atoms with van der Waals surface area (Å²) < 4.78 is 20.1. The first kappa shape index (κ1) is 16.4. The predicted molar refractivity (Wildman–Crippen MR) is 63.2 cm³/mol. The van der Waals surface area contributed by atoms with Crippen LogP contribution in [0.5, 0.6) is 0 Å². The van der Waals surface area contributed by atoms with Crippen molar-refractivity contribution in [2.45, 2.75) is 58.4 Å². The highest BCUT2D eigenvalue weighted by Gasteiger charge is 2.49. The van der Waals surface area contributed by atoms with Crippen LogP contribution in [-0.4, -0.2) is 53.7 Å². The molecule has 1 N–H and O–H groups in total. The summed E-state index contributed by atoms with van der Waals surface area (Å²) in [4.78, 5) is 33.3. The number of hydrogen-bond donors (Lipinski definition) is 1. The third kappa shape index (κ3) is 4.17. The smallest absolute Gasteiger partial charge is 0.303 e. The standard InChI is InChI=1S/C12H18O8/c1-5-9(18-6(2)13)10(19-7(3)14)11(12(16)17-5)20-8(4)15/h5,9-12,16H,1-4H3/t5-,9+,10+,11-,12-/m0/s1. The van der Waals surface area contributed by atoms with Crippen molar-refractivity contribution in [3.8, 4) is 0 Å². The summed E-state index contributed by atoms with van der Waals surface area (Å²) in [7, 11) is 0. The van der Waals surface area contributed by atoms with E-state index in [1.807, 2.05) is 0 Å². The van der Waals surface area contributed by atoms with Gasteiger partial charge in [-0.1, -0.05) is 0 Å². The molecule has 0 saturated carbocycles. The van der Waals surface area contributed by atoms with Gasteiger partial charge in [0.15, 0.2) is 24.6 Å². The number of ether oxygens (including phenoxy) is 4. The Labute approximate surface area is 115 Å². The molecule has 1 fully saturated rings. The van der Waals surface area contributed by atoms with Gasteiger partial charge in [-0.2, -0.15) is 0 Å². The maximum Gasteiger partial charge on any atom is 0.303 e. The van der Waals surface area contributed by atoms with E-state index in [0.29, 0.717) is 0 Å². The second-order valence-electron chi connectivity index (χ2n) is 4.45. The molecule has 0 amide bonds. The Morgan fingerprint density at radius 3 is 1.70 bits per heavy atom. The first-order valence-electron chi connectivity index (χ1n) is 6.07. The molecule has 0 unspecified atom stereocenters. The number of carbonyl (C=O) groups excluding carboxylic acids is 3. The van der Waals surface area contributed by atoms with Crippen LogP contribution < -0.4 is 0 Å². The van der Waals surface area contributed by atoms with Crippen LogP contribution in [0.25, 0.3) is 0 Å². The van der Waals surface area contributed by atoms with Crippen molar-refractivity contribution in [3.63, 3.8) is 0 Å². The fourth-order valence-electron chi connectivity index (χ4n) is 1.99. The molecule has 1 saturated heterocycles. The molecule has 8 heteroatoms. The molecule has 8 nitrogen and oxygen atoms in total. The van der Waals surface area contributed by atoms with E-state index in [9.17, 15) is 19.5 Å². The van der Waals surface area contributed by atoms with Crippen molar-refractivity contribution in [2.24, 2.45) is 0 Å². The van der Waals surface area contributed by atoms with Crippen molar-refractivity contribution >= 4 is 17.9 Å². The van der Waals surface area contributed by atoms with E-state index < -0.39 is 48.6 Å². The highest BCUT2D eigenvalue weighted by atomic mass is 16.7. The summed E-state index contributed by atoms with van der Waals surface area (Å²) in [5.74, 6) is -1.96. The average Bonchev–Trinajstić information content (AvgIpc) is 2.27. The monoisotopic (exact) mass is 290 g/mol. The van der Waals surface area contributed by atoms with Crippen LogP contribution in [0, 0.1) is 0 Å². The minimum Gasteiger partial charge on any atom is -0.456 e. The van der Waals surface area contributed by atoms with Gasteiger partial charge in [-0.25, -0.2) is 0 Å². The van der Waals surface area contributed by atoms with Crippen molar-refractivity contribution < 1.29 is 38.4 Å². The molecule has 0 aromatic rings. The molecule has 1 heterocycles. The highest BCUT2D eigenvalue weighted by molar-refractivity contribution is 5.68. The Kier molecular flexibility index (Phi) is 5.46. The van der Waals surface area contributed by atoms with E-state index in [-0.39, 0.29) is 0 Å². The largest absolute Gasteiger partial charge is 0.456 e. The molecule has 0 radical (unpaired) electrons. The van der Waals surface area contributed by atoms with Crippen LogP contribution in [0.2, 0.25) is 0 Å². The highest BCUT2D eigenvalue weighted by Crippen LogP contribution is 2.27. The second-order valence-corrected chi connectivity index (χ2v) is 4.45. The van der Waals surface area contributed by atoms with Gasteiger partial charge in [0.25, 0.3) is 0 Å². The third-order valence-electron chi connectivity index (χ3n) is 2.65. The van der Waals surface area contributed by atoms with E-state index in [0.717, 1.165) is 13.8 Å². The summed E-state index contributed by atoms with van der Waals surface area (Å²) in [6.07, 6.45) is -5.60. The zero-order valence-corrected chi connectivity index (χ0v) is 11.7. The molecule has 0 aliphatic carbocycles. The maximum atomic E-state index is 11.2. The Hall–Kier alpha value is -1.67. The lowest BCUT2D eigenvalue weighted by atomic mass is 9.99. The zero-order valence-electron chi connectivity index (χ0n) is 11.7. The Bertz CT molecular complexity index is 365. The van der Waals surface area contributed by atoms with Crippen molar-refractivity contribution in [1.29, 1.82) is 0 Å². The first-order chi connectivity index (χ1) is 9.22. The van der Waals surface area contributed by atoms with Crippen molar-refractivity contribution in [2.75, 3.05) is 0 Å². The Morgan fingerprint density at radius 1 is 0.850 bits per heavy atom. The van der Waals surface area contributed by atoms with Gasteiger partial charge in [0.05, 0.1) is 6.10 Å². The molecular weight excluding hydrogens is 272 g/mol. The van der Waals surface area contributed by atoms with E-state index in [4.69, 9.17) is 18.9 Å². The number of esters is 3. The molecule has 0 bridgehead atoms. The van der Waals surface area contributed by atoms with E-state index in [1.165, 1.54) is 13.8 Å². The Balaban J connectivity index is 3.01. The van der Waals surface area contributed by atoms with Crippen molar-refractivity contribution in [3.05, 3.63) is 0 Å². The lowest BCUT2D eigenvalue weighted by Gasteiger charge is -2.41. The molecule has 0 spiro atoms. The topological polar surface area (TPSA) is 108 Å². The van der Waals surface area contributed by atoms with Gasteiger partial charge in [0, 0.05) is 20.8 Å². The molecule has 1 rings (SSSR count). The summed E-state index contributed by atoms with van der Waals surface area (Å²) in [5.41, 5.74) is 0. The molecule has 5 atom stereocenters. The van der Waals surface area contributed by atoms with Crippen LogP contribution in [0.4, 0.5) is 0 Å². The van der Waals surface area contributed by atoms with Gasteiger partial charge < -0.3 is 24.1 Å². The van der Waals surface area contributed by atoms with E-state index in [2.05, 4.69) is 0 Å². The molecule has 1 aliphatic rings. The van der Waals surface area contributed by atoms with Crippen LogP contribution >= 0.6 is 0 Å². The zero-order chi connectivity index (χ0) is 15.4. The molecule has 20 heavy (non-hydrogen) atoms. The first-order valence-corrected chi connectivity index (χ1v) is 6.07. The van der Waals surface area contributed by atoms with Crippen LogP contribution in [0.15, 0.2) is 0 Å². The minimum atomic E-state index is -1.48. The predicted octanol–water partition coefficient (Wildman–Crippen LogP) is -0.481. The lowest BCUT2D eigenvalue weighted by molar-refractivity contribution is -0.288. The number of aliphatic hydroxyl groups excluding tert-OH is 1. The second kappa shape index (κ2) is 6.67. The van der Waals surface area contributed by atoms with Gasteiger partial charge in [-0.15, -0.1) is 0 Å². The molecule has 0 aromatic carbocycles. The minimum absolute atomic E-state index is 0.611. The van der Waals surface area contributed by atoms with Gasteiger partial charge in [-0.3, -0.25) is 14.4 Å². The van der Waals surface area contributed by atoms with Gasteiger partial charge in [0.1, 0.15) is 0 Å². The van der Waals surface area contributed by atoms with Gasteiger partial charge in [-0.05, 0) is 6.92 Å². The fraction of sp³-hybridized carbons (Fsp3) is 0.750. The van der Waals surface area contributed by atoms with E-state index in [1.54, 1.807) is 0 Å². The molecule has 114 valence electrons. The van der Waals surface area contributed by atoms with Gasteiger partial charge in [0.2, 0.25) is 0 Å². The average molecular weight is 290 g/mol. The molecule has 1 aliphatic heterocycles. The summed E-state index contributed by atoms with van der Waals surface area (Å²) in [5, 5.41) is 9.79. The number of carbonyl (C=O) groups is 3. The molecule has 0 aromatic heterocycles. The third-order valence-corrected chi connectivity index (χ3v) is 2.65. The van der Waals surface area contributed by atoms with Crippen LogP contribution in [-0.2, 0) is 33.3 Å². The summed E-state index contributed by atoms with van der Waals surface area (Å²) >= 11 is 0. The quantitative estimate of drug-likeness (QED) is 0.548. The van der Waals surface area contributed by atoms with Gasteiger partial charge >= 0.3 is 17.9 Å². The number of rotatable bonds is 3. The number of hydrogen-bond acceptors (Lipinski definition) is 8. The normalized spacial score (nSPS) is 33.1. The van der Waals surface area contributed by atoms with E-state index >= 15 is 0 Å². The maximum absolute atomic E-state index is 11.2. The lowest BCUT2D eigenvalue weighted by Crippen LogP contribution is -2.60. The van der Waals surface area contributed by atoms with Crippen molar-refractivity contribution in [1.82, 2.24) is 0 Å². The molecular formula is C12H18O8.